The second-order valence-corrected chi connectivity index (χ2v) is 4.74. The molecule has 0 saturated carbocycles. The summed E-state index contributed by atoms with van der Waals surface area (Å²) in [7, 11) is 0. The smallest absolute Gasteiger partial charge is 0.203 e. The molecule has 2 rings (SSSR count). The van der Waals surface area contributed by atoms with Gasteiger partial charge in [-0.15, -0.1) is 0 Å². The predicted octanol–water partition coefficient (Wildman–Crippen LogP) is 0.174. The van der Waals surface area contributed by atoms with E-state index in [0.29, 0.717) is 0 Å². The van der Waals surface area contributed by atoms with E-state index in [1.165, 1.54) is 23.8 Å². The van der Waals surface area contributed by atoms with Crippen molar-refractivity contribution in [3.63, 3.8) is 0 Å². The van der Waals surface area contributed by atoms with Gasteiger partial charge in [0.2, 0.25) is 4.77 Å². The van der Waals surface area contributed by atoms with Crippen LogP contribution in [0.3, 0.4) is 0 Å². The lowest BCUT2D eigenvalue weighted by molar-refractivity contribution is -0.0923. The molecule has 1 aliphatic heterocycles. The molecule has 6 nitrogen and oxygen atoms in total. The molecule has 0 radical (unpaired) electrons. The van der Waals surface area contributed by atoms with Crippen LogP contribution in [0.1, 0.15) is 13.2 Å². The van der Waals surface area contributed by atoms with Crippen LogP contribution in [0.5, 0.6) is 0 Å². The van der Waals surface area contributed by atoms with Crippen LogP contribution in [0.15, 0.2) is 12.3 Å². The molecule has 0 aliphatic carbocycles. The van der Waals surface area contributed by atoms with E-state index < -0.39 is 30.7 Å². The lowest BCUT2D eigenvalue weighted by Crippen LogP contribution is -2.41. The first-order chi connectivity index (χ1) is 8.37. The molecule has 1 aliphatic rings. The molecular formula is C10H14FN3O3S. The lowest BCUT2D eigenvalue weighted by Gasteiger charge is -2.26. The molecule has 100 valence electrons. The molecule has 2 heterocycles. The molecule has 1 aromatic heterocycles. The van der Waals surface area contributed by atoms with Gasteiger partial charge in [0.05, 0.1) is 6.61 Å². The van der Waals surface area contributed by atoms with Crippen molar-refractivity contribution >= 4 is 18.0 Å². The van der Waals surface area contributed by atoms with Crippen LogP contribution in [0.4, 0.5) is 10.2 Å². The lowest BCUT2D eigenvalue weighted by atomic mass is 9.98. The summed E-state index contributed by atoms with van der Waals surface area (Å²) >= 11 is 4.99. The minimum absolute atomic E-state index is 0.0751. The van der Waals surface area contributed by atoms with Gasteiger partial charge in [-0.3, -0.25) is 4.57 Å². The summed E-state index contributed by atoms with van der Waals surface area (Å²) < 4.78 is 20.6. The maximum Gasteiger partial charge on any atom is 0.203 e. The molecule has 1 saturated heterocycles. The minimum atomic E-state index is -1.80. The maximum absolute atomic E-state index is 13.9. The number of ether oxygens (including phenoxy) is 1. The zero-order valence-electron chi connectivity index (χ0n) is 9.65. The number of aliphatic hydroxyl groups is 2. The first kappa shape index (κ1) is 13.3. The largest absolute Gasteiger partial charge is 0.394 e. The molecule has 0 bridgehead atoms. The fourth-order valence-corrected chi connectivity index (χ4v) is 2.23. The van der Waals surface area contributed by atoms with Crippen molar-refractivity contribution in [2.75, 3.05) is 12.3 Å². The summed E-state index contributed by atoms with van der Waals surface area (Å²) in [5.74, 6) is 0.226. The van der Waals surface area contributed by atoms with E-state index in [1.807, 2.05) is 0 Å². The van der Waals surface area contributed by atoms with E-state index >= 15 is 0 Å². The van der Waals surface area contributed by atoms with Gasteiger partial charge in [-0.2, -0.15) is 0 Å². The van der Waals surface area contributed by atoms with E-state index in [1.54, 1.807) is 0 Å². The SMILES string of the molecule is CC1(O)[C@@H](F)[C@@H](CO)O[C@H]1n1ccc(N)nc1=S. The van der Waals surface area contributed by atoms with E-state index in [9.17, 15) is 9.50 Å². The van der Waals surface area contributed by atoms with Crippen LogP contribution in [0.2, 0.25) is 0 Å². The average Bonchev–Trinajstić information content (AvgIpc) is 2.52. The first-order valence-electron chi connectivity index (χ1n) is 5.35. The standard InChI is InChI=1S/C10H14FN3O3S/c1-10(16)7(11)5(4-15)17-8(10)14-3-2-6(12)13-9(14)18/h2-3,5,7-8,15-16H,4H2,1H3,(H2,12,13,18)/t5-,7+,8-,10?/m1/s1. The van der Waals surface area contributed by atoms with Crippen LogP contribution in [0.25, 0.3) is 0 Å². The summed E-state index contributed by atoms with van der Waals surface area (Å²) in [4.78, 5) is 3.84. The summed E-state index contributed by atoms with van der Waals surface area (Å²) in [6.07, 6.45) is -2.39. The number of hydrogen-bond donors (Lipinski definition) is 3. The van der Waals surface area contributed by atoms with Crippen molar-refractivity contribution < 1.29 is 19.3 Å². The zero-order chi connectivity index (χ0) is 13.5. The average molecular weight is 275 g/mol. The van der Waals surface area contributed by atoms with Gasteiger partial charge >= 0.3 is 0 Å². The molecule has 0 spiro atoms. The fraction of sp³-hybridized carbons (Fsp3) is 0.600. The van der Waals surface area contributed by atoms with Gasteiger partial charge in [-0.1, -0.05) is 0 Å². The van der Waals surface area contributed by atoms with Crippen LogP contribution in [-0.2, 0) is 4.74 Å². The van der Waals surface area contributed by atoms with Crippen LogP contribution >= 0.6 is 12.2 Å². The number of aliphatic hydroxyl groups excluding tert-OH is 1. The number of halogens is 1. The molecule has 1 unspecified atom stereocenters. The Hall–Kier alpha value is -1.09. The molecule has 1 fully saturated rings. The van der Waals surface area contributed by atoms with E-state index in [4.69, 9.17) is 27.8 Å². The van der Waals surface area contributed by atoms with E-state index in [0.717, 1.165) is 0 Å². The van der Waals surface area contributed by atoms with Gasteiger partial charge in [0.25, 0.3) is 0 Å². The van der Waals surface area contributed by atoms with Crippen molar-refractivity contribution in [1.29, 1.82) is 0 Å². The van der Waals surface area contributed by atoms with Crippen LogP contribution in [0, 0.1) is 4.77 Å². The van der Waals surface area contributed by atoms with Crippen molar-refractivity contribution in [2.24, 2.45) is 0 Å². The van der Waals surface area contributed by atoms with Crippen molar-refractivity contribution in [1.82, 2.24) is 9.55 Å². The Morgan fingerprint density at radius 2 is 2.39 bits per heavy atom. The second kappa shape index (κ2) is 4.54. The molecule has 18 heavy (non-hydrogen) atoms. The number of alkyl halides is 1. The van der Waals surface area contributed by atoms with Crippen LogP contribution < -0.4 is 5.73 Å². The molecule has 1 aromatic rings. The molecule has 8 heteroatoms. The Kier molecular flexibility index (Phi) is 3.37. The Balaban J connectivity index is 2.42. The fourth-order valence-electron chi connectivity index (χ4n) is 1.97. The normalized spacial score (nSPS) is 35.9. The summed E-state index contributed by atoms with van der Waals surface area (Å²) in [5.41, 5.74) is 3.66. The summed E-state index contributed by atoms with van der Waals surface area (Å²) in [5, 5.41) is 19.1. The molecular weight excluding hydrogens is 261 g/mol. The Morgan fingerprint density at radius 1 is 1.72 bits per heavy atom. The van der Waals surface area contributed by atoms with Gasteiger partial charge in [0.15, 0.2) is 12.4 Å². The minimum Gasteiger partial charge on any atom is -0.394 e. The first-order valence-corrected chi connectivity index (χ1v) is 5.76. The molecule has 0 amide bonds. The number of nitrogens with zero attached hydrogens (tertiary/aromatic N) is 2. The Bertz CT molecular complexity index is 507. The number of rotatable bonds is 2. The quantitative estimate of drug-likeness (QED) is 0.666. The summed E-state index contributed by atoms with van der Waals surface area (Å²) in [6.45, 7) is 0.764. The third-order valence-electron chi connectivity index (χ3n) is 2.97. The molecule has 4 N–H and O–H groups in total. The van der Waals surface area contributed by atoms with Gasteiger partial charge in [-0.25, -0.2) is 9.37 Å². The third kappa shape index (κ3) is 2.01. The molecule has 4 atom stereocenters. The number of anilines is 1. The van der Waals surface area contributed by atoms with Gasteiger partial charge in [0.1, 0.15) is 17.5 Å². The number of nitrogen functional groups attached to an aromatic ring is 1. The highest BCUT2D eigenvalue weighted by molar-refractivity contribution is 7.71. The monoisotopic (exact) mass is 275 g/mol. The van der Waals surface area contributed by atoms with E-state index in [2.05, 4.69) is 4.98 Å². The second-order valence-electron chi connectivity index (χ2n) is 4.38. The Labute approximate surface area is 108 Å². The van der Waals surface area contributed by atoms with Crippen molar-refractivity contribution in [2.45, 2.75) is 31.0 Å². The van der Waals surface area contributed by atoms with Gasteiger partial charge in [-0.05, 0) is 25.2 Å². The Morgan fingerprint density at radius 3 is 2.89 bits per heavy atom. The summed E-state index contributed by atoms with van der Waals surface area (Å²) in [6, 6.07) is 1.47. The van der Waals surface area contributed by atoms with E-state index in [-0.39, 0.29) is 10.6 Å². The van der Waals surface area contributed by atoms with Crippen molar-refractivity contribution in [3.8, 4) is 0 Å². The highest BCUT2D eigenvalue weighted by Crippen LogP contribution is 2.39. The highest BCUT2D eigenvalue weighted by Gasteiger charge is 2.54. The van der Waals surface area contributed by atoms with Crippen LogP contribution in [-0.4, -0.2) is 44.2 Å². The number of aromatic nitrogens is 2. The molecule has 0 aromatic carbocycles. The predicted molar refractivity (Wildman–Crippen MR) is 64.0 cm³/mol. The topological polar surface area (TPSA) is 93.5 Å². The number of nitrogens with two attached hydrogens (primary N) is 1. The highest BCUT2D eigenvalue weighted by atomic mass is 32.1. The third-order valence-corrected chi connectivity index (χ3v) is 3.27. The van der Waals surface area contributed by atoms with Gasteiger partial charge < -0.3 is 20.7 Å². The van der Waals surface area contributed by atoms with Gasteiger partial charge in [0, 0.05) is 6.20 Å². The number of hydrogen-bond acceptors (Lipinski definition) is 6. The maximum atomic E-state index is 13.9. The zero-order valence-corrected chi connectivity index (χ0v) is 10.5. The van der Waals surface area contributed by atoms with Crippen molar-refractivity contribution in [3.05, 3.63) is 17.0 Å².